The topological polar surface area (TPSA) is 29.1 Å². The van der Waals surface area contributed by atoms with Crippen molar-refractivity contribution in [1.29, 1.82) is 0 Å². The molecule has 88 valence electrons. The van der Waals surface area contributed by atoms with Crippen LogP contribution in [0.4, 0.5) is 0 Å². The summed E-state index contributed by atoms with van der Waals surface area (Å²) in [6.45, 7) is 0.754. The van der Waals surface area contributed by atoms with Gasteiger partial charge >= 0.3 is 0 Å². The van der Waals surface area contributed by atoms with Crippen LogP contribution in [0.15, 0.2) is 22.7 Å². The first-order chi connectivity index (χ1) is 7.65. The zero-order valence-corrected chi connectivity index (χ0v) is 14.5. The molecule has 0 bridgehead atoms. The number of carbonyl (C=O) groups is 1. The Kier molecular flexibility index (Phi) is 7.22. The number of alkyl halides is 1. The Morgan fingerprint density at radius 1 is 1.38 bits per heavy atom. The molecular weight excluding hydrogens is 496 g/mol. The van der Waals surface area contributed by atoms with Crippen molar-refractivity contribution < 1.29 is 4.79 Å². The van der Waals surface area contributed by atoms with Gasteiger partial charge in [-0.25, -0.2) is 0 Å². The molecule has 0 unspecified atom stereocenters. The van der Waals surface area contributed by atoms with Gasteiger partial charge in [0.05, 0.1) is 5.56 Å². The predicted molar refractivity (Wildman–Crippen MR) is 87.3 cm³/mol. The first kappa shape index (κ1) is 14.7. The lowest BCUT2D eigenvalue weighted by Gasteiger charge is -2.06. The average molecular weight is 508 g/mol. The van der Waals surface area contributed by atoms with Crippen LogP contribution in [0.25, 0.3) is 0 Å². The van der Waals surface area contributed by atoms with Gasteiger partial charge < -0.3 is 5.32 Å². The monoisotopic (exact) mass is 507 g/mol. The molecule has 0 aliphatic heterocycles. The smallest absolute Gasteiger partial charge is 0.252 e. The van der Waals surface area contributed by atoms with E-state index < -0.39 is 0 Å². The summed E-state index contributed by atoms with van der Waals surface area (Å²) < 4.78 is 3.06. The summed E-state index contributed by atoms with van der Waals surface area (Å²) in [6.07, 6.45) is 2.19. The number of unbranched alkanes of at least 4 members (excludes halogenated alkanes) is 1. The number of hydrogen-bond acceptors (Lipinski definition) is 1. The van der Waals surface area contributed by atoms with E-state index in [4.69, 9.17) is 0 Å². The summed E-state index contributed by atoms with van der Waals surface area (Å²) in [5.41, 5.74) is 0.740. The van der Waals surface area contributed by atoms with Gasteiger partial charge in [-0.15, -0.1) is 0 Å². The van der Waals surface area contributed by atoms with Crippen molar-refractivity contribution in [3.05, 3.63) is 31.8 Å². The normalized spacial score (nSPS) is 10.2. The van der Waals surface area contributed by atoms with E-state index in [-0.39, 0.29) is 5.91 Å². The van der Waals surface area contributed by atoms with Gasteiger partial charge in [0.25, 0.3) is 5.91 Å². The van der Waals surface area contributed by atoms with Crippen LogP contribution in [0.1, 0.15) is 23.2 Å². The van der Waals surface area contributed by atoms with Crippen molar-refractivity contribution in [2.75, 3.05) is 11.0 Å². The highest BCUT2D eigenvalue weighted by atomic mass is 127. The zero-order chi connectivity index (χ0) is 12.0. The van der Waals surface area contributed by atoms with Gasteiger partial charge in [0.2, 0.25) is 0 Å². The molecule has 0 atom stereocenters. The van der Waals surface area contributed by atoms with Gasteiger partial charge in [-0.05, 0) is 58.1 Å². The lowest BCUT2D eigenvalue weighted by molar-refractivity contribution is 0.0952. The van der Waals surface area contributed by atoms with Crippen molar-refractivity contribution in [2.45, 2.75) is 12.8 Å². The van der Waals surface area contributed by atoms with Gasteiger partial charge in [0.15, 0.2) is 0 Å². The van der Waals surface area contributed by atoms with E-state index in [1.165, 1.54) is 0 Å². The summed E-state index contributed by atoms with van der Waals surface area (Å²) in [4.78, 5) is 11.8. The second-order valence-corrected chi connectivity index (χ2v) is 6.43. The van der Waals surface area contributed by atoms with Crippen molar-refractivity contribution in [1.82, 2.24) is 5.32 Å². The van der Waals surface area contributed by atoms with Crippen molar-refractivity contribution in [3.8, 4) is 0 Å². The van der Waals surface area contributed by atoms with Crippen molar-refractivity contribution >= 4 is 67.0 Å². The maximum absolute atomic E-state index is 11.8. The Hall–Kier alpha value is 0.630. The number of nitrogens with one attached hydrogen (secondary N) is 1. The fraction of sp³-hybridized carbons (Fsp3) is 0.364. The number of hydrogen-bond donors (Lipinski definition) is 1. The van der Waals surface area contributed by atoms with E-state index in [1.54, 1.807) is 0 Å². The number of halogens is 3. The largest absolute Gasteiger partial charge is 0.352 e. The molecule has 0 aliphatic rings. The first-order valence-electron chi connectivity index (χ1n) is 4.94. The second kappa shape index (κ2) is 7.86. The molecule has 0 heterocycles. The summed E-state index contributed by atoms with van der Waals surface area (Å²) in [5.74, 6) is 0.0131. The molecule has 0 spiro atoms. The van der Waals surface area contributed by atoms with Crippen LogP contribution in [-0.4, -0.2) is 16.9 Å². The van der Waals surface area contributed by atoms with Gasteiger partial charge in [0.1, 0.15) is 0 Å². The molecule has 0 saturated carbocycles. The zero-order valence-electron chi connectivity index (χ0n) is 8.60. The third kappa shape index (κ3) is 4.87. The molecule has 0 aliphatic carbocycles. The third-order valence-electron chi connectivity index (χ3n) is 2.02. The van der Waals surface area contributed by atoms with Crippen LogP contribution < -0.4 is 5.32 Å². The highest BCUT2D eigenvalue weighted by molar-refractivity contribution is 14.1. The van der Waals surface area contributed by atoms with Crippen LogP contribution in [-0.2, 0) is 0 Å². The highest BCUT2D eigenvalue weighted by Crippen LogP contribution is 2.18. The number of rotatable bonds is 5. The first-order valence-corrected chi connectivity index (χ1v) is 8.34. The quantitative estimate of drug-likeness (QED) is 0.364. The third-order valence-corrected chi connectivity index (χ3v) is 4.22. The Bertz CT molecular complexity index is 371. The van der Waals surface area contributed by atoms with Gasteiger partial charge in [-0.2, -0.15) is 0 Å². The summed E-state index contributed by atoms with van der Waals surface area (Å²) in [7, 11) is 0. The lowest BCUT2D eigenvalue weighted by atomic mass is 10.2. The van der Waals surface area contributed by atoms with Crippen LogP contribution >= 0.6 is 61.1 Å². The number of amides is 1. The predicted octanol–water partition coefficient (Wildman–Crippen LogP) is 4.00. The molecule has 0 saturated heterocycles. The van der Waals surface area contributed by atoms with E-state index in [0.29, 0.717) is 0 Å². The van der Waals surface area contributed by atoms with Crippen molar-refractivity contribution in [3.63, 3.8) is 0 Å². The van der Waals surface area contributed by atoms with Crippen LogP contribution in [0.3, 0.4) is 0 Å². The maximum Gasteiger partial charge on any atom is 0.252 e. The number of benzene rings is 1. The molecule has 1 N–H and O–H groups in total. The van der Waals surface area contributed by atoms with Crippen LogP contribution in [0, 0.1) is 3.57 Å². The molecule has 0 aromatic heterocycles. The Morgan fingerprint density at radius 3 is 2.81 bits per heavy atom. The SMILES string of the molecule is O=C(NCCCCI)c1cc(Br)ccc1I. The molecule has 1 rings (SSSR count). The summed E-state index contributed by atoms with van der Waals surface area (Å²) >= 11 is 7.90. The molecule has 0 radical (unpaired) electrons. The molecule has 1 aromatic rings. The number of carbonyl (C=O) groups excluding carboxylic acids is 1. The lowest BCUT2D eigenvalue weighted by Crippen LogP contribution is -2.25. The summed E-state index contributed by atoms with van der Waals surface area (Å²) in [6, 6.07) is 5.73. The van der Waals surface area contributed by atoms with E-state index in [1.807, 2.05) is 18.2 Å². The van der Waals surface area contributed by atoms with E-state index in [0.717, 1.165) is 37.4 Å². The van der Waals surface area contributed by atoms with E-state index in [2.05, 4.69) is 66.4 Å². The Morgan fingerprint density at radius 2 is 2.12 bits per heavy atom. The van der Waals surface area contributed by atoms with Crippen LogP contribution in [0.2, 0.25) is 0 Å². The molecular formula is C11H12BrI2NO. The molecule has 0 fully saturated rings. The molecule has 5 heteroatoms. The standard InChI is InChI=1S/C11H12BrI2NO/c12-8-3-4-10(14)9(7-8)11(16)15-6-2-1-5-13/h3-4,7H,1-2,5-6H2,(H,15,16). The van der Waals surface area contributed by atoms with Crippen molar-refractivity contribution in [2.24, 2.45) is 0 Å². The molecule has 2 nitrogen and oxygen atoms in total. The fourth-order valence-corrected chi connectivity index (χ4v) is 2.67. The van der Waals surface area contributed by atoms with E-state index in [9.17, 15) is 4.79 Å². The van der Waals surface area contributed by atoms with Crippen LogP contribution in [0.5, 0.6) is 0 Å². The minimum atomic E-state index is 0.0131. The molecule has 1 aromatic carbocycles. The summed E-state index contributed by atoms with van der Waals surface area (Å²) in [5, 5.41) is 2.93. The molecule has 1 amide bonds. The molecule has 16 heavy (non-hydrogen) atoms. The average Bonchev–Trinajstić information content (AvgIpc) is 2.27. The second-order valence-electron chi connectivity index (χ2n) is 3.28. The highest BCUT2D eigenvalue weighted by Gasteiger charge is 2.09. The van der Waals surface area contributed by atoms with Gasteiger partial charge in [0, 0.05) is 14.6 Å². The maximum atomic E-state index is 11.8. The fourth-order valence-electron chi connectivity index (χ4n) is 1.19. The Labute approximate surface area is 131 Å². The minimum Gasteiger partial charge on any atom is -0.352 e. The Balaban J connectivity index is 2.55. The van der Waals surface area contributed by atoms with Gasteiger partial charge in [-0.1, -0.05) is 38.5 Å². The van der Waals surface area contributed by atoms with E-state index >= 15 is 0 Å². The van der Waals surface area contributed by atoms with Gasteiger partial charge in [-0.3, -0.25) is 4.79 Å². The minimum absolute atomic E-state index is 0.0131.